The van der Waals surface area contributed by atoms with Crippen LogP contribution in [0.1, 0.15) is 41.0 Å². The molecule has 0 aliphatic carbocycles. The predicted molar refractivity (Wildman–Crippen MR) is 162 cm³/mol. The lowest BCUT2D eigenvalue weighted by atomic mass is 10.1. The van der Waals surface area contributed by atoms with E-state index < -0.39 is 39.4 Å². The van der Waals surface area contributed by atoms with E-state index in [1.54, 1.807) is 0 Å². The zero-order chi connectivity index (χ0) is 32.9. The van der Waals surface area contributed by atoms with Gasteiger partial charge in [-0.05, 0) is 73.5 Å². The summed E-state index contributed by atoms with van der Waals surface area (Å²) in [7, 11) is -3.66. The maximum absolute atomic E-state index is 13.7. The minimum atomic E-state index is -4.66. The van der Waals surface area contributed by atoms with E-state index in [0.717, 1.165) is 43.2 Å². The third-order valence-electron chi connectivity index (χ3n) is 7.10. The number of halogens is 4. The zero-order valence-electron chi connectivity index (χ0n) is 24.1. The number of piperidine rings is 1. The Morgan fingerprint density at radius 2 is 1.57 bits per heavy atom. The Morgan fingerprint density at radius 3 is 2.24 bits per heavy atom. The number of alkyl halides is 3. The minimum absolute atomic E-state index is 0.0922. The average molecular weight is 677 g/mol. The van der Waals surface area contributed by atoms with Crippen LogP contribution < -0.4 is 10.6 Å². The topological polar surface area (TPSA) is 126 Å². The second-order valence-corrected chi connectivity index (χ2v) is 13.1. The maximum atomic E-state index is 13.7. The first-order valence-corrected chi connectivity index (χ1v) is 16.5. The molecule has 0 saturated carbocycles. The van der Waals surface area contributed by atoms with Crippen LogP contribution in [0.4, 0.5) is 23.2 Å². The number of carbonyl (C=O) groups is 2. The van der Waals surface area contributed by atoms with Gasteiger partial charge < -0.3 is 10.6 Å². The van der Waals surface area contributed by atoms with Crippen LogP contribution in [-0.4, -0.2) is 58.1 Å². The first-order valence-electron chi connectivity index (χ1n) is 14.1. The Labute approximate surface area is 266 Å². The number of nitrogens with zero attached hydrogens (tertiary/aromatic N) is 4. The van der Waals surface area contributed by atoms with Gasteiger partial charge in [0.15, 0.2) is 11.0 Å². The smallest absolute Gasteiger partial charge is 0.345 e. The monoisotopic (exact) mass is 676 g/mol. The molecule has 242 valence electrons. The molecule has 2 amide bonds. The Hall–Kier alpha value is -4.28. The Balaban J connectivity index is 1.28. The van der Waals surface area contributed by atoms with Crippen LogP contribution in [0.2, 0.25) is 0 Å². The van der Waals surface area contributed by atoms with Crippen molar-refractivity contribution >= 4 is 39.3 Å². The van der Waals surface area contributed by atoms with Crippen molar-refractivity contribution in [3.05, 3.63) is 95.6 Å². The number of para-hydroxylation sites is 1. The third kappa shape index (κ3) is 7.74. The second-order valence-electron chi connectivity index (χ2n) is 10.3. The van der Waals surface area contributed by atoms with E-state index in [9.17, 15) is 35.6 Å². The molecular formula is C30H28F4N6O4S2. The van der Waals surface area contributed by atoms with Crippen molar-refractivity contribution in [3.8, 4) is 5.69 Å². The highest BCUT2D eigenvalue weighted by atomic mass is 32.2. The lowest BCUT2D eigenvalue weighted by Crippen LogP contribution is -2.35. The quantitative estimate of drug-likeness (QED) is 0.173. The van der Waals surface area contributed by atoms with Crippen molar-refractivity contribution in [1.29, 1.82) is 0 Å². The third-order valence-corrected chi connectivity index (χ3v) is 9.94. The van der Waals surface area contributed by atoms with Crippen molar-refractivity contribution in [2.24, 2.45) is 0 Å². The van der Waals surface area contributed by atoms with Crippen LogP contribution in [0.5, 0.6) is 0 Å². The van der Waals surface area contributed by atoms with E-state index in [0.29, 0.717) is 18.8 Å². The number of hydrogen-bond donors (Lipinski definition) is 2. The SMILES string of the molecule is O=C(CSc1nnc(CNC(=O)c2ccc(S(=O)(=O)N3CCCCC3)cc2)n1-c1ccc(F)cc1)Nc1ccccc1C(F)(F)F. The van der Waals surface area contributed by atoms with Crippen LogP contribution in [0, 0.1) is 5.82 Å². The standard InChI is InChI=1S/C30H28F4N6O4S2/c31-21-10-12-22(13-11-21)40-26(37-38-29(40)45-19-27(41)36-25-7-3-2-6-24(25)30(32,33)34)18-35-28(42)20-8-14-23(15-9-20)46(43,44)39-16-4-1-5-17-39/h2-3,6-15H,1,4-5,16-19H2,(H,35,42)(H,36,41). The number of benzene rings is 3. The Morgan fingerprint density at radius 1 is 0.891 bits per heavy atom. The summed E-state index contributed by atoms with van der Waals surface area (Å²) in [6.07, 6.45) is -2.08. The molecule has 1 aliphatic rings. The van der Waals surface area contributed by atoms with E-state index in [1.807, 2.05) is 0 Å². The van der Waals surface area contributed by atoms with Gasteiger partial charge in [0.2, 0.25) is 15.9 Å². The molecule has 1 aliphatic heterocycles. The average Bonchev–Trinajstić information content (AvgIpc) is 3.46. The fraction of sp³-hybridized carbons (Fsp3) is 0.267. The molecule has 2 N–H and O–H groups in total. The van der Waals surface area contributed by atoms with Gasteiger partial charge in [-0.2, -0.15) is 17.5 Å². The van der Waals surface area contributed by atoms with Crippen molar-refractivity contribution in [1.82, 2.24) is 24.4 Å². The molecule has 0 radical (unpaired) electrons. The highest BCUT2D eigenvalue weighted by Crippen LogP contribution is 2.34. The number of thioether (sulfide) groups is 1. The summed E-state index contributed by atoms with van der Waals surface area (Å²) in [6.45, 7) is 0.759. The second kappa shape index (κ2) is 14.0. The number of amides is 2. The first kappa shape index (κ1) is 33.1. The largest absolute Gasteiger partial charge is 0.418 e. The van der Waals surface area contributed by atoms with Gasteiger partial charge in [0, 0.05) is 24.3 Å². The molecular weight excluding hydrogens is 648 g/mol. The van der Waals surface area contributed by atoms with Gasteiger partial charge in [-0.15, -0.1) is 10.2 Å². The molecule has 1 aromatic heterocycles. The fourth-order valence-electron chi connectivity index (χ4n) is 4.81. The van der Waals surface area contributed by atoms with Crippen molar-refractivity contribution in [3.63, 3.8) is 0 Å². The van der Waals surface area contributed by atoms with Gasteiger partial charge in [-0.25, -0.2) is 12.8 Å². The van der Waals surface area contributed by atoms with Crippen molar-refractivity contribution < 1.29 is 35.6 Å². The fourth-order valence-corrected chi connectivity index (χ4v) is 7.10. The van der Waals surface area contributed by atoms with Gasteiger partial charge >= 0.3 is 6.18 Å². The molecule has 0 unspecified atom stereocenters. The predicted octanol–water partition coefficient (Wildman–Crippen LogP) is 5.26. The van der Waals surface area contributed by atoms with E-state index in [1.165, 1.54) is 69.5 Å². The minimum Gasteiger partial charge on any atom is -0.345 e. The molecule has 0 atom stereocenters. The highest BCUT2D eigenvalue weighted by molar-refractivity contribution is 7.99. The normalized spacial score (nSPS) is 14.2. The molecule has 46 heavy (non-hydrogen) atoms. The summed E-state index contributed by atoms with van der Waals surface area (Å²) in [6, 6.07) is 15.5. The number of nitrogens with one attached hydrogen (secondary N) is 2. The molecule has 1 fully saturated rings. The molecule has 5 rings (SSSR count). The molecule has 16 heteroatoms. The zero-order valence-corrected chi connectivity index (χ0v) is 25.8. The van der Waals surface area contributed by atoms with E-state index in [2.05, 4.69) is 20.8 Å². The highest BCUT2D eigenvalue weighted by Gasteiger charge is 2.33. The Kier molecular flexibility index (Phi) is 10.1. The molecule has 3 aromatic carbocycles. The van der Waals surface area contributed by atoms with Gasteiger partial charge in [-0.1, -0.05) is 30.3 Å². The summed E-state index contributed by atoms with van der Waals surface area (Å²) in [5, 5.41) is 13.3. The number of hydrogen-bond acceptors (Lipinski definition) is 7. The van der Waals surface area contributed by atoms with E-state index in [4.69, 9.17) is 0 Å². The molecule has 10 nitrogen and oxygen atoms in total. The number of sulfonamides is 1. The molecule has 0 bridgehead atoms. The summed E-state index contributed by atoms with van der Waals surface area (Å²) < 4.78 is 82.5. The lowest BCUT2D eigenvalue weighted by molar-refractivity contribution is -0.137. The maximum Gasteiger partial charge on any atom is 0.418 e. The van der Waals surface area contributed by atoms with Crippen LogP contribution in [0.15, 0.2) is 82.8 Å². The van der Waals surface area contributed by atoms with Gasteiger partial charge in [0.05, 0.1) is 28.4 Å². The van der Waals surface area contributed by atoms with Gasteiger partial charge in [0.1, 0.15) is 5.82 Å². The number of carbonyl (C=O) groups excluding carboxylic acids is 2. The summed E-state index contributed by atoms with van der Waals surface area (Å²) in [5.41, 5.74) is -0.760. The van der Waals surface area contributed by atoms with Gasteiger partial charge in [0.25, 0.3) is 5.91 Å². The number of anilines is 1. The van der Waals surface area contributed by atoms with Gasteiger partial charge in [-0.3, -0.25) is 14.2 Å². The van der Waals surface area contributed by atoms with E-state index >= 15 is 0 Å². The summed E-state index contributed by atoms with van der Waals surface area (Å²) >= 11 is 0.883. The molecule has 2 heterocycles. The van der Waals surface area contributed by atoms with Crippen LogP contribution in [-0.2, 0) is 27.5 Å². The van der Waals surface area contributed by atoms with Crippen LogP contribution in [0.25, 0.3) is 5.69 Å². The summed E-state index contributed by atoms with van der Waals surface area (Å²) in [5.74, 6) is -1.86. The van der Waals surface area contributed by atoms with Crippen molar-refractivity contribution in [2.75, 3.05) is 24.2 Å². The molecule has 4 aromatic rings. The van der Waals surface area contributed by atoms with Crippen LogP contribution in [0.3, 0.4) is 0 Å². The Bertz CT molecular complexity index is 1810. The molecule has 1 saturated heterocycles. The lowest BCUT2D eigenvalue weighted by Gasteiger charge is -2.25. The van der Waals surface area contributed by atoms with E-state index in [-0.39, 0.29) is 39.4 Å². The first-order chi connectivity index (χ1) is 21.9. The van der Waals surface area contributed by atoms with Crippen molar-refractivity contribution in [2.45, 2.75) is 42.0 Å². The molecule has 0 spiro atoms. The number of rotatable bonds is 10. The van der Waals surface area contributed by atoms with Crippen LogP contribution >= 0.6 is 11.8 Å². The number of aromatic nitrogens is 3. The summed E-state index contributed by atoms with van der Waals surface area (Å²) in [4.78, 5) is 25.7.